The monoisotopic (exact) mass is 453 g/mol. The number of benzene rings is 3. The maximum atomic E-state index is 12.7. The van der Waals surface area contributed by atoms with Crippen molar-refractivity contribution in [2.45, 2.75) is 19.0 Å². The molecular weight excluding hydrogens is 430 g/mol. The molecule has 2 aromatic heterocycles. The standard InChI is InChI=1S/C26H23N5OS/c1-17-8-7-10-19(14-17)31-25(21-15-27-23-13-6-4-11-20(21)23)29-30-26(31)33-16-24(32)28-22-12-5-3-9-18(22)2/h3-15,27H,16H2,1-2H3,(H,28,32). The zero-order chi connectivity index (χ0) is 22.8. The smallest absolute Gasteiger partial charge is 0.234 e. The first-order valence-electron chi connectivity index (χ1n) is 10.7. The van der Waals surface area contributed by atoms with Gasteiger partial charge in [-0.1, -0.05) is 60.3 Å². The van der Waals surface area contributed by atoms with Crippen LogP contribution in [0.1, 0.15) is 11.1 Å². The predicted octanol–water partition coefficient (Wildman–Crippen LogP) is 5.76. The first kappa shape index (κ1) is 21.0. The highest BCUT2D eigenvalue weighted by Gasteiger charge is 2.20. The summed E-state index contributed by atoms with van der Waals surface area (Å²) in [5.41, 5.74) is 5.96. The Kier molecular flexibility index (Phi) is 5.71. The van der Waals surface area contributed by atoms with Crippen molar-refractivity contribution in [2.75, 3.05) is 11.1 Å². The Balaban J connectivity index is 1.49. The number of hydrogen-bond acceptors (Lipinski definition) is 4. The quantitative estimate of drug-likeness (QED) is 0.320. The van der Waals surface area contributed by atoms with Crippen molar-refractivity contribution in [3.63, 3.8) is 0 Å². The lowest BCUT2D eigenvalue weighted by Crippen LogP contribution is -2.15. The van der Waals surface area contributed by atoms with Gasteiger partial charge in [0, 0.05) is 34.0 Å². The molecule has 33 heavy (non-hydrogen) atoms. The van der Waals surface area contributed by atoms with E-state index < -0.39 is 0 Å². The average Bonchev–Trinajstić information content (AvgIpc) is 3.43. The van der Waals surface area contributed by atoms with Crippen LogP contribution in [0.15, 0.2) is 84.1 Å². The predicted molar refractivity (Wildman–Crippen MR) is 134 cm³/mol. The summed E-state index contributed by atoms with van der Waals surface area (Å²) in [5, 5.41) is 13.7. The molecule has 7 heteroatoms. The van der Waals surface area contributed by atoms with Crippen LogP contribution in [0, 0.1) is 13.8 Å². The molecule has 0 radical (unpaired) electrons. The molecule has 3 aromatic carbocycles. The number of hydrogen-bond donors (Lipinski definition) is 2. The molecular formula is C26H23N5OS. The van der Waals surface area contributed by atoms with Gasteiger partial charge in [-0.05, 0) is 49.2 Å². The summed E-state index contributed by atoms with van der Waals surface area (Å²) in [6, 6.07) is 24.1. The number of aromatic amines is 1. The number of para-hydroxylation sites is 2. The molecule has 0 saturated heterocycles. The van der Waals surface area contributed by atoms with Gasteiger partial charge in [0.25, 0.3) is 0 Å². The first-order chi connectivity index (χ1) is 16.1. The van der Waals surface area contributed by atoms with E-state index in [1.807, 2.05) is 72.3 Å². The fraction of sp³-hybridized carbons (Fsp3) is 0.115. The lowest BCUT2D eigenvalue weighted by atomic mass is 10.1. The molecule has 0 aliphatic rings. The van der Waals surface area contributed by atoms with Crippen LogP contribution in [0.2, 0.25) is 0 Å². The average molecular weight is 454 g/mol. The van der Waals surface area contributed by atoms with Crippen molar-refractivity contribution in [2.24, 2.45) is 0 Å². The van der Waals surface area contributed by atoms with E-state index in [0.717, 1.165) is 44.8 Å². The molecule has 0 aliphatic heterocycles. The Bertz CT molecular complexity index is 1450. The molecule has 0 atom stereocenters. The number of H-pyrrole nitrogens is 1. The molecule has 5 rings (SSSR count). The molecule has 0 unspecified atom stereocenters. The Morgan fingerprint density at radius 3 is 2.67 bits per heavy atom. The summed E-state index contributed by atoms with van der Waals surface area (Å²) in [4.78, 5) is 16.0. The minimum absolute atomic E-state index is 0.0817. The van der Waals surface area contributed by atoms with Crippen LogP contribution in [-0.4, -0.2) is 31.4 Å². The van der Waals surface area contributed by atoms with Gasteiger partial charge in [0.2, 0.25) is 5.91 Å². The third-order valence-corrected chi connectivity index (χ3v) is 6.40. The lowest BCUT2D eigenvalue weighted by molar-refractivity contribution is -0.113. The van der Waals surface area contributed by atoms with Crippen LogP contribution in [0.5, 0.6) is 0 Å². The third-order valence-electron chi connectivity index (χ3n) is 5.47. The summed E-state index contributed by atoms with van der Waals surface area (Å²) < 4.78 is 2.02. The second-order valence-corrected chi connectivity index (χ2v) is 8.82. The van der Waals surface area contributed by atoms with Crippen molar-refractivity contribution in [3.05, 3.63) is 90.1 Å². The summed E-state index contributed by atoms with van der Waals surface area (Å²) in [5.74, 6) is 0.883. The Labute approximate surface area is 196 Å². The topological polar surface area (TPSA) is 75.6 Å². The van der Waals surface area contributed by atoms with Gasteiger partial charge in [0.15, 0.2) is 11.0 Å². The number of carbonyl (C=O) groups excluding carboxylic acids is 1. The van der Waals surface area contributed by atoms with Crippen LogP contribution in [0.3, 0.4) is 0 Å². The van der Waals surface area contributed by atoms with Crippen LogP contribution in [-0.2, 0) is 4.79 Å². The number of thioether (sulfide) groups is 1. The highest BCUT2D eigenvalue weighted by atomic mass is 32.2. The number of aromatic nitrogens is 4. The van der Waals surface area contributed by atoms with Crippen LogP contribution in [0.25, 0.3) is 28.0 Å². The highest BCUT2D eigenvalue weighted by Crippen LogP contribution is 2.32. The minimum atomic E-state index is -0.0817. The van der Waals surface area contributed by atoms with Gasteiger partial charge in [-0.15, -0.1) is 10.2 Å². The van der Waals surface area contributed by atoms with Gasteiger partial charge in [-0.25, -0.2) is 0 Å². The number of amides is 1. The summed E-state index contributed by atoms with van der Waals surface area (Å²) >= 11 is 1.37. The van der Waals surface area contributed by atoms with Gasteiger partial charge < -0.3 is 10.3 Å². The Morgan fingerprint density at radius 2 is 1.82 bits per heavy atom. The number of anilines is 1. The maximum absolute atomic E-state index is 12.7. The lowest BCUT2D eigenvalue weighted by Gasteiger charge is -2.11. The van der Waals surface area contributed by atoms with E-state index >= 15 is 0 Å². The van der Waals surface area contributed by atoms with Gasteiger partial charge in [-0.3, -0.25) is 9.36 Å². The maximum Gasteiger partial charge on any atom is 0.234 e. The van der Waals surface area contributed by atoms with E-state index in [1.165, 1.54) is 11.8 Å². The minimum Gasteiger partial charge on any atom is -0.360 e. The fourth-order valence-electron chi connectivity index (χ4n) is 3.82. The van der Waals surface area contributed by atoms with E-state index in [1.54, 1.807) is 0 Å². The molecule has 2 heterocycles. The van der Waals surface area contributed by atoms with Gasteiger partial charge >= 0.3 is 0 Å². The fourth-order valence-corrected chi connectivity index (χ4v) is 4.58. The molecule has 0 bridgehead atoms. The molecule has 0 aliphatic carbocycles. The van der Waals surface area contributed by atoms with E-state index in [9.17, 15) is 4.79 Å². The van der Waals surface area contributed by atoms with Crippen LogP contribution in [0.4, 0.5) is 5.69 Å². The zero-order valence-corrected chi connectivity index (χ0v) is 19.2. The van der Waals surface area contributed by atoms with Gasteiger partial charge in [0.05, 0.1) is 5.75 Å². The molecule has 6 nitrogen and oxygen atoms in total. The molecule has 2 N–H and O–H groups in total. The van der Waals surface area contributed by atoms with E-state index in [-0.39, 0.29) is 11.7 Å². The Morgan fingerprint density at radius 1 is 1.00 bits per heavy atom. The van der Waals surface area contributed by atoms with Crippen LogP contribution >= 0.6 is 11.8 Å². The molecule has 5 aromatic rings. The largest absolute Gasteiger partial charge is 0.360 e. The summed E-state index contributed by atoms with van der Waals surface area (Å²) in [7, 11) is 0. The number of carbonyl (C=O) groups is 1. The van der Waals surface area contributed by atoms with Crippen molar-refractivity contribution in [1.82, 2.24) is 19.7 Å². The van der Waals surface area contributed by atoms with E-state index in [0.29, 0.717) is 5.16 Å². The number of nitrogens with one attached hydrogen (secondary N) is 2. The number of rotatable bonds is 6. The summed E-state index contributed by atoms with van der Waals surface area (Å²) in [6.45, 7) is 4.03. The zero-order valence-electron chi connectivity index (χ0n) is 18.4. The number of nitrogens with zero attached hydrogens (tertiary/aromatic N) is 3. The normalized spacial score (nSPS) is 11.1. The van der Waals surface area contributed by atoms with Gasteiger partial charge in [-0.2, -0.15) is 0 Å². The number of fused-ring (bicyclic) bond motifs is 1. The second-order valence-electron chi connectivity index (χ2n) is 7.88. The molecule has 0 saturated carbocycles. The first-order valence-corrected chi connectivity index (χ1v) is 11.7. The molecule has 0 spiro atoms. The van der Waals surface area contributed by atoms with Crippen LogP contribution < -0.4 is 5.32 Å². The van der Waals surface area contributed by atoms with Crippen molar-refractivity contribution >= 4 is 34.3 Å². The van der Waals surface area contributed by atoms with E-state index in [2.05, 4.69) is 45.6 Å². The molecule has 1 amide bonds. The summed E-state index contributed by atoms with van der Waals surface area (Å²) in [6.07, 6.45) is 1.96. The molecule has 164 valence electrons. The van der Waals surface area contributed by atoms with Crippen molar-refractivity contribution < 1.29 is 4.79 Å². The van der Waals surface area contributed by atoms with Crippen molar-refractivity contribution in [1.29, 1.82) is 0 Å². The highest BCUT2D eigenvalue weighted by molar-refractivity contribution is 7.99. The number of aryl methyl sites for hydroxylation is 2. The Hall–Kier alpha value is -3.84. The van der Waals surface area contributed by atoms with Crippen molar-refractivity contribution in [3.8, 4) is 17.1 Å². The van der Waals surface area contributed by atoms with E-state index in [4.69, 9.17) is 0 Å². The SMILES string of the molecule is Cc1cccc(-n2c(SCC(=O)Nc3ccccc3C)nnc2-c2c[nH]c3ccccc23)c1. The van der Waals surface area contributed by atoms with Gasteiger partial charge in [0.1, 0.15) is 0 Å². The third kappa shape index (κ3) is 4.27. The molecule has 0 fully saturated rings. The second kappa shape index (κ2) is 8.96.